The zero-order chi connectivity index (χ0) is 28.7. The fourth-order valence-electron chi connectivity index (χ4n) is 7.09. The fraction of sp³-hybridized carbons (Fsp3) is 0.471. The summed E-state index contributed by atoms with van der Waals surface area (Å²) in [4.78, 5) is 21.4. The molecule has 0 bridgehead atoms. The van der Waals surface area contributed by atoms with Crippen molar-refractivity contribution in [2.24, 2.45) is 11.3 Å². The Kier molecular flexibility index (Phi) is 7.38. The van der Waals surface area contributed by atoms with E-state index in [1.807, 2.05) is 36.4 Å². The minimum Gasteiger partial charge on any atom is -0.488 e. The number of fused-ring (bicyclic) bond motifs is 2. The normalized spacial score (nSPS) is 25.4. The Bertz CT molecular complexity index is 1470. The Morgan fingerprint density at radius 2 is 2.02 bits per heavy atom. The minimum absolute atomic E-state index is 0.166. The first-order valence-corrected chi connectivity index (χ1v) is 15.2. The molecule has 7 rings (SSSR count). The molecule has 8 nitrogen and oxygen atoms in total. The Morgan fingerprint density at radius 1 is 1.12 bits per heavy atom. The number of carboxylic acid groups (broad SMARTS) is 1. The molecule has 1 unspecified atom stereocenters. The van der Waals surface area contributed by atoms with Gasteiger partial charge in [0.15, 0.2) is 0 Å². The van der Waals surface area contributed by atoms with E-state index in [9.17, 15) is 9.90 Å². The van der Waals surface area contributed by atoms with Crippen LogP contribution < -0.4 is 9.64 Å². The summed E-state index contributed by atoms with van der Waals surface area (Å²) >= 11 is 0. The lowest BCUT2D eigenvalue weighted by Gasteiger charge is -2.34. The predicted molar refractivity (Wildman–Crippen MR) is 160 cm³/mol. The van der Waals surface area contributed by atoms with Crippen molar-refractivity contribution in [2.75, 3.05) is 50.9 Å². The van der Waals surface area contributed by atoms with Crippen LogP contribution >= 0.6 is 0 Å². The van der Waals surface area contributed by atoms with Gasteiger partial charge in [-0.2, -0.15) is 0 Å². The lowest BCUT2D eigenvalue weighted by atomic mass is 9.92. The molecular formula is C34H39N3O5. The molecule has 8 heteroatoms. The number of carboxylic acids is 1. The average Bonchev–Trinajstić information content (AvgIpc) is 3.77. The molecule has 220 valence electrons. The number of aliphatic carboxylic acids is 1. The van der Waals surface area contributed by atoms with E-state index in [4.69, 9.17) is 19.2 Å². The van der Waals surface area contributed by atoms with E-state index in [1.54, 1.807) is 0 Å². The summed E-state index contributed by atoms with van der Waals surface area (Å²) in [5.41, 5.74) is 6.70. The van der Waals surface area contributed by atoms with Gasteiger partial charge in [-0.3, -0.25) is 9.69 Å². The third-order valence-corrected chi connectivity index (χ3v) is 9.76. The van der Waals surface area contributed by atoms with E-state index in [-0.39, 0.29) is 12.0 Å². The summed E-state index contributed by atoms with van der Waals surface area (Å²) in [6.07, 6.45) is 2.65. The van der Waals surface area contributed by atoms with Crippen molar-refractivity contribution >= 4 is 11.8 Å². The van der Waals surface area contributed by atoms with E-state index in [0.29, 0.717) is 32.8 Å². The predicted octanol–water partition coefficient (Wildman–Crippen LogP) is 4.71. The van der Waals surface area contributed by atoms with Gasteiger partial charge in [0.05, 0.1) is 37.0 Å². The number of carbonyl (C=O) groups is 1. The number of nitrogens with zero attached hydrogens (tertiary/aromatic N) is 3. The first kappa shape index (κ1) is 27.4. The minimum atomic E-state index is -0.642. The van der Waals surface area contributed by atoms with E-state index in [1.165, 1.54) is 22.3 Å². The average molecular weight is 570 g/mol. The van der Waals surface area contributed by atoms with Gasteiger partial charge in [0.25, 0.3) is 0 Å². The van der Waals surface area contributed by atoms with Crippen molar-refractivity contribution in [1.82, 2.24) is 9.88 Å². The van der Waals surface area contributed by atoms with Gasteiger partial charge < -0.3 is 24.2 Å². The molecule has 1 N–H and O–H groups in total. The molecule has 4 heterocycles. The Balaban J connectivity index is 1.03. The fourth-order valence-corrected chi connectivity index (χ4v) is 7.09. The summed E-state index contributed by atoms with van der Waals surface area (Å²) in [6, 6.07) is 18.6. The molecule has 4 aliphatic rings. The molecule has 0 spiro atoms. The SMILES string of the molecule is Cc1c(COc2ccccc2-c2cccc(N3CC[C@@]4(C(=O)O)C[C@H]4C3)n2)ccc2c1CCN(CC1COCCO1)C2. The molecule has 3 aliphatic heterocycles. The molecule has 3 atom stereocenters. The summed E-state index contributed by atoms with van der Waals surface area (Å²) in [5.74, 6) is 1.28. The number of hydrogen-bond donors (Lipinski definition) is 1. The van der Waals surface area contributed by atoms with Gasteiger partial charge in [0.1, 0.15) is 18.2 Å². The second kappa shape index (κ2) is 11.3. The van der Waals surface area contributed by atoms with E-state index in [0.717, 1.165) is 68.4 Å². The van der Waals surface area contributed by atoms with Crippen LogP contribution in [0, 0.1) is 18.3 Å². The molecular weight excluding hydrogens is 530 g/mol. The van der Waals surface area contributed by atoms with Crippen LogP contribution in [0.3, 0.4) is 0 Å². The van der Waals surface area contributed by atoms with Crippen LogP contribution in [0.4, 0.5) is 5.82 Å². The van der Waals surface area contributed by atoms with Crippen molar-refractivity contribution in [1.29, 1.82) is 0 Å². The van der Waals surface area contributed by atoms with Crippen LogP contribution in [0.5, 0.6) is 5.75 Å². The molecule has 42 heavy (non-hydrogen) atoms. The number of anilines is 1. The Hall–Kier alpha value is -3.46. The van der Waals surface area contributed by atoms with Crippen LogP contribution in [-0.4, -0.2) is 73.1 Å². The summed E-state index contributed by atoms with van der Waals surface area (Å²) in [5, 5.41) is 9.64. The zero-order valence-corrected chi connectivity index (χ0v) is 24.3. The third kappa shape index (κ3) is 5.27. The van der Waals surface area contributed by atoms with Crippen LogP contribution in [0.15, 0.2) is 54.6 Å². The van der Waals surface area contributed by atoms with E-state index < -0.39 is 11.4 Å². The van der Waals surface area contributed by atoms with Crippen LogP contribution in [0.1, 0.15) is 35.1 Å². The van der Waals surface area contributed by atoms with Crippen molar-refractivity contribution in [2.45, 2.75) is 45.4 Å². The molecule has 0 radical (unpaired) electrons. The maximum atomic E-state index is 11.7. The maximum absolute atomic E-state index is 11.7. The number of hydrogen-bond acceptors (Lipinski definition) is 7. The number of piperidine rings is 1. The van der Waals surface area contributed by atoms with Gasteiger partial charge in [0.2, 0.25) is 0 Å². The van der Waals surface area contributed by atoms with Crippen molar-refractivity contribution in [3.05, 3.63) is 76.9 Å². The van der Waals surface area contributed by atoms with Gasteiger partial charge >= 0.3 is 5.97 Å². The number of ether oxygens (including phenoxy) is 3. The number of rotatable bonds is 8. The zero-order valence-electron chi connectivity index (χ0n) is 24.3. The Morgan fingerprint density at radius 3 is 2.86 bits per heavy atom. The van der Waals surface area contributed by atoms with Crippen molar-refractivity contribution in [3.8, 4) is 17.0 Å². The van der Waals surface area contributed by atoms with Gasteiger partial charge in [0, 0.05) is 38.3 Å². The first-order chi connectivity index (χ1) is 20.5. The Labute approximate surface area is 247 Å². The largest absolute Gasteiger partial charge is 0.488 e. The standard InChI is InChI=1S/C34H39N3O5/c1-23-25(10-9-24-18-36(13-11-28(23)24)20-27-22-40-15-16-41-27)21-42-31-7-3-2-5-29(31)30-6-4-8-32(35-30)37-14-12-34(33(38)39)17-26(34)19-37/h2-10,26-27H,11-22H2,1H3,(H,38,39)/t26-,27?,34+/m0/s1. The highest BCUT2D eigenvalue weighted by Crippen LogP contribution is 2.58. The highest BCUT2D eigenvalue weighted by Gasteiger charge is 2.62. The number of benzene rings is 2. The molecule has 1 aromatic heterocycles. The highest BCUT2D eigenvalue weighted by atomic mass is 16.6. The van der Waals surface area contributed by atoms with Gasteiger partial charge in [-0.15, -0.1) is 0 Å². The van der Waals surface area contributed by atoms with Crippen LogP contribution in [-0.2, 0) is 33.8 Å². The number of aromatic nitrogens is 1. The van der Waals surface area contributed by atoms with Crippen molar-refractivity contribution < 1.29 is 24.1 Å². The molecule has 3 aromatic rings. The lowest BCUT2D eigenvalue weighted by molar-refractivity contribution is -0.144. The van der Waals surface area contributed by atoms with Gasteiger partial charge in [-0.25, -0.2) is 4.98 Å². The number of pyridine rings is 1. The summed E-state index contributed by atoms with van der Waals surface area (Å²) in [6.45, 7) is 9.15. The van der Waals surface area contributed by atoms with Gasteiger partial charge in [-0.1, -0.05) is 30.3 Å². The van der Waals surface area contributed by atoms with E-state index in [2.05, 4.69) is 34.9 Å². The second-order valence-electron chi connectivity index (χ2n) is 12.3. The molecule has 0 amide bonds. The van der Waals surface area contributed by atoms with Crippen molar-refractivity contribution in [3.63, 3.8) is 0 Å². The molecule has 1 saturated carbocycles. The number of para-hydroxylation sites is 1. The smallest absolute Gasteiger partial charge is 0.310 e. The first-order valence-electron chi connectivity index (χ1n) is 15.2. The summed E-state index contributed by atoms with van der Waals surface area (Å²) in [7, 11) is 0. The molecule has 3 fully saturated rings. The molecule has 2 saturated heterocycles. The summed E-state index contributed by atoms with van der Waals surface area (Å²) < 4.78 is 17.9. The topological polar surface area (TPSA) is 84.4 Å². The third-order valence-electron chi connectivity index (χ3n) is 9.76. The highest BCUT2D eigenvalue weighted by molar-refractivity contribution is 5.79. The maximum Gasteiger partial charge on any atom is 0.310 e. The molecule has 2 aromatic carbocycles. The van der Waals surface area contributed by atoms with Crippen LogP contribution in [0.25, 0.3) is 11.3 Å². The second-order valence-corrected chi connectivity index (χ2v) is 12.3. The van der Waals surface area contributed by atoms with Crippen LogP contribution in [0.2, 0.25) is 0 Å². The van der Waals surface area contributed by atoms with Gasteiger partial charge in [-0.05, 0) is 78.6 Å². The lowest BCUT2D eigenvalue weighted by Crippen LogP contribution is -2.42. The quantitative estimate of drug-likeness (QED) is 0.418. The monoisotopic (exact) mass is 569 g/mol. The molecule has 1 aliphatic carbocycles. The van der Waals surface area contributed by atoms with E-state index >= 15 is 0 Å².